The number of hydrogen-bond acceptors (Lipinski definition) is 3. The maximum absolute atomic E-state index is 14.2. The molecule has 1 N–H and O–H groups in total. The molecule has 0 bridgehead atoms. The first kappa shape index (κ1) is 15.1. The molecule has 0 aliphatic rings. The number of hydrogen-bond donors (Lipinski definition) is 1. The highest BCUT2D eigenvalue weighted by molar-refractivity contribution is 5.94. The third kappa shape index (κ3) is 3.18. The SMILES string of the molecule is CCc1cccc(CNC(=O)c2ccc3ncccc3n2)c1F. The van der Waals surface area contributed by atoms with Crippen LogP contribution in [0.15, 0.2) is 48.7 Å². The fraction of sp³-hybridized carbons (Fsp3) is 0.167. The fourth-order valence-electron chi connectivity index (χ4n) is 2.39. The fourth-order valence-corrected chi connectivity index (χ4v) is 2.39. The quantitative estimate of drug-likeness (QED) is 0.805. The highest BCUT2D eigenvalue weighted by Gasteiger charge is 2.11. The zero-order chi connectivity index (χ0) is 16.2. The molecule has 0 unspecified atom stereocenters. The molecular weight excluding hydrogens is 293 g/mol. The first-order valence-corrected chi connectivity index (χ1v) is 7.45. The van der Waals surface area contributed by atoms with E-state index in [2.05, 4.69) is 15.3 Å². The molecule has 0 atom stereocenters. The Morgan fingerprint density at radius 3 is 2.74 bits per heavy atom. The Balaban J connectivity index is 1.76. The van der Waals surface area contributed by atoms with Crippen LogP contribution in [0.1, 0.15) is 28.5 Å². The van der Waals surface area contributed by atoms with Gasteiger partial charge in [-0.15, -0.1) is 0 Å². The standard InChI is InChI=1S/C18H16FN3O/c1-2-12-5-3-6-13(17(12)19)11-21-18(23)16-9-8-14-15(22-16)7-4-10-20-14/h3-10H,2,11H2,1H3,(H,21,23). The molecule has 0 saturated carbocycles. The summed E-state index contributed by atoms with van der Waals surface area (Å²) < 4.78 is 14.2. The Morgan fingerprint density at radius 1 is 1.09 bits per heavy atom. The van der Waals surface area contributed by atoms with Gasteiger partial charge in [0.2, 0.25) is 0 Å². The molecule has 23 heavy (non-hydrogen) atoms. The number of rotatable bonds is 4. The van der Waals surface area contributed by atoms with Crippen LogP contribution in [0.25, 0.3) is 11.0 Å². The molecule has 1 amide bonds. The van der Waals surface area contributed by atoms with Crippen LogP contribution in [0.4, 0.5) is 4.39 Å². The van der Waals surface area contributed by atoms with E-state index >= 15 is 0 Å². The van der Waals surface area contributed by atoms with Crippen molar-refractivity contribution >= 4 is 16.9 Å². The number of carbonyl (C=O) groups excluding carboxylic acids is 1. The van der Waals surface area contributed by atoms with Crippen LogP contribution < -0.4 is 5.32 Å². The van der Waals surface area contributed by atoms with Crippen LogP contribution in [0.5, 0.6) is 0 Å². The lowest BCUT2D eigenvalue weighted by atomic mass is 10.1. The number of pyridine rings is 2. The lowest BCUT2D eigenvalue weighted by Crippen LogP contribution is -2.24. The number of benzene rings is 1. The topological polar surface area (TPSA) is 54.9 Å². The number of fused-ring (bicyclic) bond motifs is 1. The van der Waals surface area contributed by atoms with Gasteiger partial charge in [-0.1, -0.05) is 25.1 Å². The number of aromatic nitrogens is 2. The summed E-state index contributed by atoms with van der Waals surface area (Å²) >= 11 is 0. The van der Waals surface area contributed by atoms with E-state index in [1.165, 1.54) is 0 Å². The number of carbonyl (C=O) groups is 1. The molecule has 4 nitrogen and oxygen atoms in total. The zero-order valence-electron chi connectivity index (χ0n) is 12.7. The Bertz CT molecular complexity index is 864. The van der Waals surface area contributed by atoms with E-state index in [0.29, 0.717) is 23.1 Å². The number of halogens is 1. The molecule has 116 valence electrons. The van der Waals surface area contributed by atoms with Gasteiger partial charge in [-0.3, -0.25) is 9.78 Å². The molecule has 0 aliphatic heterocycles. The minimum atomic E-state index is -0.336. The molecule has 5 heteroatoms. The minimum absolute atomic E-state index is 0.130. The number of nitrogens with zero attached hydrogens (tertiary/aromatic N) is 2. The van der Waals surface area contributed by atoms with E-state index in [-0.39, 0.29) is 24.0 Å². The van der Waals surface area contributed by atoms with Crippen LogP contribution in [0.3, 0.4) is 0 Å². The van der Waals surface area contributed by atoms with E-state index in [1.54, 1.807) is 48.7 Å². The summed E-state index contributed by atoms with van der Waals surface area (Å²) in [5, 5.41) is 2.71. The number of amides is 1. The minimum Gasteiger partial charge on any atom is -0.347 e. The maximum atomic E-state index is 14.2. The van der Waals surface area contributed by atoms with Gasteiger partial charge in [0.15, 0.2) is 0 Å². The van der Waals surface area contributed by atoms with Crippen molar-refractivity contribution < 1.29 is 9.18 Å². The second-order valence-electron chi connectivity index (χ2n) is 5.16. The smallest absolute Gasteiger partial charge is 0.270 e. The van der Waals surface area contributed by atoms with Crippen molar-refractivity contribution in [3.8, 4) is 0 Å². The summed E-state index contributed by atoms with van der Waals surface area (Å²) in [6, 6.07) is 12.1. The number of nitrogens with one attached hydrogen (secondary N) is 1. The van der Waals surface area contributed by atoms with Crippen molar-refractivity contribution in [1.29, 1.82) is 0 Å². The molecule has 2 aromatic heterocycles. The average molecular weight is 309 g/mol. The van der Waals surface area contributed by atoms with Crippen molar-refractivity contribution in [2.45, 2.75) is 19.9 Å². The third-order valence-corrected chi connectivity index (χ3v) is 3.67. The molecule has 0 spiro atoms. The van der Waals surface area contributed by atoms with Crippen LogP contribution in [0, 0.1) is 5.82 Å². The van der Waals surface area contributed by atoms with Crippen LogP contribution in [-0.4, -0.2) is 15.9 Å². The summed E-state index contributed by atoms with van der Waals surface area (Å²) in [5.74, 6) is -0.594. The Kier molecular flexibility index (Phi) is 4.28. The molecule has 2 heterocycles. The van der Waals surface area contributed by atoms with Crippen molar-refractivity contribution in [2.75, 3.05) is 0 Å². The van der Waals surface area contributed by atoms with Gasteiger partial charge in [-0.25, -0.2) is 9.37 Å². The Hall–Kier alpha value is -2.82. The van der Waals surface area contributed by atoms with Gasteiger partial charge in [0.1, 0.15) is 11.5 Å². The molecule has 0 saturated heterocycles. The summed E-state index contributed by atoms with van der Waals surface area (Å²) in [7, 11) is 0. The van der Waals surface area contributed by atoms with E-state index in [0.717, 1.165) is 5.52 Å². The normalized spacial score (nSPS) is 10.7. The molecule has 0 fully saturated rings. The summed E-state index contributed by atoms with van der Waals surface area (Å²) in [5.41, 5.74) is 2.79. The summed E-state index contributed by atoms with van der Waals surface area (Å²) in [6.07, 6.45) is 2.29. The van der Waals surface area contributed by atoms with Gasteiger partial charge in [0.25, 0.3) is 5.91 Å². The Morgan fingerprint density at radius 2 is 1.91 bits per heavy atom. The molecule has 3 rings (SSSR count). The first-order valence-electron chi connectivity index (χ1n) is 7.45. The van der Waals surface area contributed by atoms with Crippen LogP contribution in [0.2, 0.25) is 0 Å². The third-order valence-electron chi connectivity index (χ3n) is 3.67. The second kappa shape index (κ2) is 6.52. The summed E-state index contributed by atoms with van der Waals surface area (Å²) in [6.45, 7) is 2.03. The lowest BCUT2D eigenvalue weighted by molar-refractivity contribution is 0.0946. The molecule has 0 aliphatic carbocycles. The van der Waals surface area contributed by atoms with Crippen molar-refractivity contribution in [2.24, 2.45) is 0 Å². The van der Waals surface area contributed by atoms with Gasteiger partial charge in [0, 0.05) is 18.3 Å². The van der Waals surface area contributed by atoms with Gasteiger partial charge < -0.3 is 5.32 Å². The van der Waals surface area contributed by atoms with E-state index in [1.807, 2.05) is 6.92 Å². The lowest BCUT2D eigenvalue weighted by Gasteiger charge is -2.09. The van der Waals surface area contributed by atoms with E-state index < -0.39 is 0 Å². The number of aryl methyl sites for hydroxylation is 1. The summed E-state index contributed by atoms with van der Waals surface area (Å²) in [4.78, 5) is 20.6. The van der Waals surface area contributed by atoms with Gasteiger partial charge in [-0.05, 0) is 36.2 Å². The Labute approximate surface area is 133 Å². The largest absolute Gasteiger partial charge is 0.347 e. The maximum Gasteiger partial charge on any atom is 0.270 e. The van der Waals surface area contributed by atoms with Crippen LogP contribution >= 0.6 is 0 Å². The molecule has 3 aromatic rings. The highest BCUT2D eigenvalue weighted by atomic mass is 19.1. The van der Waals surface area contributed by atoms with Crippen molar-refractivity contribution in [3.05, 3.63) is 71.3 Å². The molecular formula is C18H16FN3O. The van der Waals surface area contributed by atoms with Crippen molar-refractivity contribution in [3.63, 3.8) is 0 Å². The first-order chi connectivity index (χ1) is 11.2. The van der Waals surface area contributed by atoms with Gasteiger partial charge in [-0.2, -0.15) is 0 Å². The van der Waals surface area contributed by atoms with E-state index in [4.69, 9.17) is 0 Å². The zero-order valence-corrected chi connectivity index (χ0v) is 12.7. The highest BCUT2D eigenvalue weighted by Crippen LogP contribution is 2.14. The predicted octanol–water partition coefficient (Wildman–Crippen LogP) is 3.26. The van der Waals surface area contributed by atoms with Gasteiger partial charge in [0.05, 0.1) is 11.0 Å². The van der Waals surface area contributed by atoms with E-state index in [9.17, 15) is 9.18 Å². The predicted molar refractivity (Wildman–Crippen MR) is 86.5 cm³/mol. The second-order valence-corrected chi connectivity index (χ2v) is 5.16. The van der Waals surface area contributed by atoms with Crippen molar-refractivity contribution in [1.82, 2.24) is 15.3 Å². The molecule has 0 radical (unpaired) electrons. The van der Waals surface area contributed by atoms with Crippen LogP contribution in [-0.2, 0) is 13.0 Å². The monoisotopic (exact) mass is 309 g/mol. The average Bonchev–Trinajstić information content (AvgIpc) is 2.60. The molecule has 1 aromatic carbocycles. The van der Waals surface area contributed by atoms with Gasteiger partial charge >= 0.3 is 0 Å².